The fourth-order valence-electron chi connectivity index (χ4n) is 4.94. The van der Waals surface area contributed by atoms with Gasteiger partial charge in [-0.15, -0.1) is 0 Å². The van der Waals surface area contributed by atoms with Crippen LogP contribution in [-0.2, 0) is 0 Å². The SMILES string of the molecule is C[Si](C)(C)[As]([Si](C)(C)C)[Si](c1ccccc1)(c1ccccc1)c1ccccc1. The molecular weight excluding hydrogens is 447 g/mol. The quantitative estimate of drug-likeness (QED) is 0.358. The summed E-state index contributed by atoms with van der Waals surface area (Å²) in [5.74, 6) is 0. The number of rotatable bonds is 6. The third-order valence-corrected chi connectivity index (χ3v) is 90.4. The Bertz CT molecular complexity index is 771. The zero-order valence-corrected chi connectivity index (χ0v) is 23.0. The third-order valence-electron chi connectivity index (χ3n) is 5.25. The van der Waals surface area contributed by atoms with Gasteiger partial charge in [0.25, 0.3) is 0 Å². The van der Waals surface area contributed by atoms with Gasteiger partial charge in [-0.3, -0.25) is 0 Å². The number of benzene rings is 3. The van der Waals surface area contributed by atoms with Gasteiger partial charge < -0.3 is 0 Å². The standard InChI is InChI=1S/C24H33AsSi3/c1-26(2,3)25(27(4,5)6)28(22-16-10-7-11-17-22,23-18-12-8-13-19-23)24-20-14-9-15-21-24/h7-21H,1-6H3. The van der Waals surface area contributed by atoms with Crippen molar-refractivity contribution in [2.75, 3.05) is 0 Å². The van der Waals surface area contributed by atoms with E-state index in [0.29, 0.717) is 0 Å². The Labute approximate surface area is 177 Å². The van der Waals surface area contributed by atoms with Crippen LogP contribution < -0.4 is 15.6 Å². The molecule has 0 fully saturated rings. The van der Waals surface area contributed by atoms with Gasteiger partial charge in [-0.25, -0.2) is 0 Å². The summed E-state index contributed by atoms with van der Waals surface area (Å²) in [6.45, 7) is 11.3. The van der Waals surface area contributed by atoms with Crippen LogP contribution in [0, 0.1) is 0 Å². The molecule has 3 aromatic rings. The van der Waals surface area contributed by atoms with E-state index in [4.69, 9.17) is 0 Å². The van der Waals surface area contributed by atoms with E-state index in [1.54, 1.807) is 15.6 Å². The van der Waals surface area contributed by atoms with Gasteiger partial charge in [0, 0.05) is 0 Å². The third kappa shape index (κ3) is 4.09. The maximum atomic E-state index is 2.67. The molecule has 0 N–H and O–H groups in total. The molecule has 146 valence electrons. The first-order valence-electron chi connectivity index (χ1n) is 10.2. The van der Waals surface area contributed by atoms with Crippen molar-refractivity contribution in [1.82, 2.24) is 0 Å². The number of hydrogen-bond donors (Lipinski definition) is 0. The van der Waals surface area contributed by atoms with Crippen LogP contribution in [0.15, 0.2) is 91.0 Å². The van der Waals surface area contributed by atoms with Gasteiger partial charge in [0.1, 0.15) is 0 Å². The molecule has 0 aliphatic carbocycles. The fourth-order valence-corrected chi connectivity index (χ4v) is 121. The molecule has 0 saturated carbocycles. The summed E-state index contributed by atoms with van der Waals surface area (Å²) in [6.07, 6.45) is 0. The monoisotopic (exact) mass is 480 g/mol. The van der Waals surface area contributed by atoms with E-state index < -0.39 is 32.3 Å². The van der Waals surface area contributed by atoms with Crippen LogP contribution in [0.25, 0.3) is 0 Å². The summed E-state index contributed by atoms with van der Waals surface area (Å²) in [5, 5.41) is 4.91. The minimum absolute atomic E-state index is 1.22. The summed E-state index contributed by atoms with van der Waals surface area (Å²) < 4.78 is 0. The zero-order valence-electron chi connectivity index (χ0n) is 18.1. The molecule has 0 atom stereocenters. The molecule has 0 aliphatic rings. The van der Waals surface area contributed by atoms with Crippen molar-refractivity contribution in [2.45, 2.75) is 39.3 Å². The van der Waals surface area contributed by atoms with Gasteiger partial charge in [0.2, 0.25) is 0 Å². The first kappa shape index (κ1) is 21.6. The molecule has 0 aliphatic heterocycles. The molecule has 0 bridgehead atoms. The first-order valence-corrected chi connectivity index (χ1v) is 27.4. The Hall–Kier alpha value is -1.13. The van der Waals surface area contributed by atoms with Gasteiger partial charge in [-0.05, 0) is 0 Å². The molecule has 28 heavy (non-hydrogen) atoms. The summed E-state index contributed by atoms with van der Waals surface area (Å²) >= 11 is -1.22. The Morgan fingerprint density at radius 2 is 0.679 bits per heavy atom. The van der Waals surface area contributed by atoms with Crippen LogP contribution in [0.3, 0.4) is 0 Å². The molecule has 0 aromatic heterocycles. The van der Waals surface area contributed by atoms with Crippen LogP contribution in [-0.4, -0.2) is 32.3 Å². The van der Waals surface area contributed by atoms with E-state index in [2.05, 4.69) is 130 Å². The molecular formula is C24H33AsSi3. The van der Waals surface area contributed by atoms with Crippen molar-refractivity contribution in [1.29, 1.82) is 0 Å². The molecule has 0 nitrogen and oxygen atoms in total. The van der Waals surface area contributed by atoms with Crippen molar-refractivity contribution in [3.63, 3.8) is 0 Å². The van der Waals surface area contributed by atoms with Crippen molar-refractivity contribution in [2.24, 2.45) is 0 Å². The summed E-state index contributed by atoms with van der Waals surface area (Å²) in [6, 6.07) is 34.9. The maximum absolute atomic E-state index is 2.67. The normalized spacial score (nSPS) is 13.0. The van der Waals surface area contributed by atoms with Gasteiger partial charge in [0.15, 0.2) is 0 Å². The molecule has 3 rings (SSSR count). The fraction of sp³-hybridized carbons (Fsp3) is 0.250. The average molecular weight is 481 g/mol. The van der Waals surface area contributed by atoms with Crippen molar-refractivity contribution in [3.8, 4) is 0 Å². The second-order valence-electron chi connectivity index (χ2n) is 9.49. The summed E-state index contributed by atoms with van der Waals surface area (Å²) in [5.41, 5.74) is 0. The first-order chi connectivity index (χ1) is 13.2. The molecule has 4 heteroatoms. The zero-order chi connectivity index (χ0) is 20.4. The van der Waals surface area contributed by atoms with E-state index >= 15 is 0 Å². The topological polar surface area (TPSA) is 0 Å². The van der Waals surface area contributed by atoms with Crippen molar-refractivity contribution >= 4 is 47.9 Å². The Kier molecular flexibility index (Phi) is 6.41. The summed E-state index contributed by atoms with van der Waals surface area (Å²) in [4.78, 5) is 0. The van der Waals surface area contributed by atoms with Crippen molar-refractivity contribution in [3.05, 3.63) is 91.0 Å². The van der Waals surface area contributed by atoms with Crippen LogP contribution >= 0.6 is 0 Å². The van der Waals surface area contributed by atoms with E-state index in [9.17, 15) is 0 Å². The molecule has 0 heterocycles. The predicted octanol–water partition coefficient (Wildman–Crippen LogP) is 4.56. The van der Waals surface area contributed by atoms with Gasteiger partial charge in [0.05, 0.1) is 0 Å². The van der Waals surface area contributed by atoms with Gasteiger partial charge >= 0.3 is 178 Å². The van der Waals surface area contributed by atoms with Crippen molar-refractivity contribution < 1.29 is 0 Å². The van der Waals surface area contributed by atoms with Gasteiger partial charge in [-0.1, -0.05) is 0 Å². The van der Waals surface area contributed by atoms with Crippen LogP contribution in [0.5, 0.6) is 0 Å². The minimum atomic E-state index is -2.05. The molecule has 3 aromatic carbocycles. The number of hydrogen-bond acceptors (Lipinski definition) is 0. The Morgan fingerprint density at radius 1 is 0.429 bits per heavy atom. The molecule has 0 spiro atoms. The van der Waals surface area contributed by atoms with Crippen LogP contribution in [0.4, 0.5) is 0 Å². The van der Waals surface area contributed by atoms with Crippen LogP contribution in [0.1, 0.15) is 0 Å². The van der Waals surface area contributed by atoms with E-state index in [0.717, 1.165) is 0 Å². The molecule has 0 amide bonds. The Balaban J connectivity index is 2.51. The molecule has 0 unspecified atom stereocenters. The van der Waals surface area contributed by atoms with E-state index in [1.165, 1.54) is 0 Å². The van der Waals surface area contributed by atoms with Crippen LogP contribution in [0.2, 0.25) is 39.3 Å². The average Bonchev–Trinajstić information content (AvgIpc) is 2.66. The molecule has 0 saturated heterocycles. The molecule has 0 radical (unpaired) electrons. The van der Waals surface area contributed by atoms with E-state index in [1.807, 2.05) is 0 Å². The van der Waals surface area contributed by atoms with Gasteiger partial charge in [-0.2, -0.15) is 0 Å². The second-order valence-corrected chi connectivity index (χ2v) is 57.8. The van der Waals surface area contributed by atoms with E-state index in [-0.39, 0.29) is 0 Å². The predicted molar refractivity (Wildman–Crippen MR) is 136 cm³/mol. The second kappa shape index (κ2) is 8.31. The Morgan fingerprint density at radius 3 is 0.893 bits per heavy atom. The summed E-state index contributed by atoms with van der Waals surface area (Å²) in [7, 11) is 0.